The Morgan fingerprint density at radius 2 is 1.82 bits per heavy atom. The summed E-state index contributed by atoms with van der Waals surface area (Å²) >= 11 is 0. The highest BCUT2D eigenvalue weighted by Crippen LogP contribution is 2.30. The van der Waals surface area contributed by atoms with E-state index in [0.717, 1.165) is 48.5 Å². The maximum absolute atomic E-state index is 11.8. The minimum absolute atomic E-state index is 0.213. The number of fused-ring (bicyclic) bond motifs is 3. The van der Waals surface area contributed by atoms with Gasteiger partial charge in [0, 0.05) is 43.6 Å². The van der Waals surface area contributed by atoms with Gasteiger partial charge in [-0.1, -0.05) is 12.1 Å². The van der Waals surface area contributed by atoms with Crippen molar-refractivity contribution in [3.8, 4) is 0 Å². The lowest BCUT2D eigenvalue weighted by Gasteiger charge is -2.30. The molecule has 0 amide bonds. The van der Waals surface area contributed by atoms with Gasteiger partial charge in [-0.3, -0.25) is 9.47 Å². The number of ether oxygens (including phenoxy) is 1. The van der Waals surface area contributed by atoms with Crippen molar-refractivity contribution < 1.29 is 13.9 Å². The first-order valence-corrected chi connectivity index (χ1v) is 11.5. The predicted octanol–water partition coefficient (Wildman–Crippen LogP) is 4.41. The molecule has 0 atom stereocenters. The van der Waals surface area contributed by atoms with Gasteiger partial charge in [0.2, 0.25) is 0 Å². The summed E-state index contributed by atoms with van der Waals surface area (Å²) in [5.41, 5.74) is 10.1. The van der Waals surface area contributed by atoms with Crippen LogP contribution in [0.25, 0.3) is 11.1 Å². The normalized spacial score (nSPS) is 15.3. The lowest BCUT2D eigenvalue weighted by Crippen LogP contribution is -2.30. The number of nitrogens with one attached hydrogen (secondary N) is 1. The number of oxazole rings is 1. The van der Waals surface area contributed by atoms with Gasteiger partial charge in [-0.2, -0.15) is 0 Å². The lowest BCUT2D eigenvalue weighted by atomic mass is 9.96. The van der Waals surface area contributed by atoms with Crippen molar-refractivity contribution in [3.63, 3.8) is 0 Å². The summed E-state index contributed by atoms with van der Waals surface area (Å²) in [6.45, 7) is 5.20. The number of hydrogen-bond acceptors (Lipinski definition) is 6. The van der Waals surface area contributed by atoms with Gasteiger partial charge in [-0.05, 0) is 72.0 Å². The van der Waals surface area contributed by atoms with Gasteiger partial charge >= 0.3 is 11.7 Å². The Morgan fingerprint density at radius 3 is 2.71 bits per heavy atom. The third-order valence-electron chi connectivity index (χ3n) is 7.05. The van der Waals surface area contributed by atoms with Crippen LogP contribution in [0.2, 0.25) is 0 Å². The Morgan fingerprint density at radius 1 is 1.00 bits per heavy atom. The van der Waals surface area contributed by atoms with E-state index in [1.165, 1.54) is 26.8 Å². The highest BCUT2D eigenvalue weighted by Gasteiger charge is 2.25. The molecule has 0 saturated heterocycles. The van der Waals surface area contributed by atoms with E-state index >= 15 is 0 Å². The molecule has 0 saturated carbocycles. The molecule has 0 unspecified atom stereocenters. The molecule has 0 spiro atoms. The average Bonchev–Trinajstić information content (AvgIpc) is 3.35. The molecule has 1 N–H and O–H groups in total. The molecular weight excluding hydrogens is 430 g/mol. The first-order chi connectivity index (χ1) is 16.5. The summed E-state index contributed by atoms with van der Waals surface area (Å²) in [4.78, 5) is 26.0. The first kappa shape index (κ1) is 20.7. The molecule has 7 nitrogen and oxygen atoms in total. The van der Waals surface area contributed by atoms with Gasteiger partial charge < -0.3 is 14.5 Å². The van der Waals surface area contributed by atoms with Crippen LogP contribution in [0.4, 0.5) is 11.4 Å². The highest BCUT2D eigenvalue weighted by molar-refractivity contribution is 5.93. The number of aryl methyl sites for hydroxylation is 1. The van der Waals surface area contributed by atoms with Crippen molar-refractivity contribution in [2.45, 2.75) is 33.0 Å². The minimum atomic E-state index is -0.359. The summed E-state index contributed by atoms with van der Waals surface area (Å²) in [5, 5.41) is 3.46. The van der Waals surface area contributed by atoms with Crippen molar-refractivity contribution in [2.24, 2.45) is 7.05 Å². The molecular formula is C27H25N3O4. The second-order valence-corrected chi connectivity index (χ2v) is 9.13. The Bertz CT molecular complexity index is 1510. The third kappa shape index (κ3) is 3.49. The largest absolute Gasteiger partial charge is 0.457 e. The van der Waals surface area contributed by atoms with Crippen molar-refractivity contribution in [1.29, 1.82) is 0 Å². The zero-order valence-electron chi connectivity index (χ0n) is 19.2. The number of nitrogens with zero attached hydrogens (tertiary/aromatic N) is 2. The van der Waals surface area contributed by atoms with Crippen LogP contribution < -0.4 is 11.1 Å². The summed E-state index contributed by atoms with van der Waals surface area (Å²) in [5.74, 6) is -0.572. The highest BCUT2D eigenvalue weighted by atomic mass is 16.5. The van der Waals surface area contributed by atoms with Crippen molar-refractivity contribution in [3.05, 3.63) is 92.5 Å². The number of cyclic esters (lactones) is 1. The second kappa shape index (κ2) is 7.88. The summed E-state index contributed by atoms with van der Waals surface area (Å²) in [6.07, 6.45) is 0.978. The van der Waals surface area contributed by atoms with E-state index in [4.69, 9.17) is 9.15 Å². The van der Waals surface area contributed by atoms with Gasteiger partial charge in [0.05, 0.1) is 11.1 Å². The van der Waals surface area contributed by atoms with Gasteiger partial charge in [-0.25, -0.2) is 9.59 Å². The molecule has 3 aromatic carbocycles. The molecule has 3 heterocycles. The number of esters is 1. The molecule has 0 fully saturated rings. The van der Waals surface area contributed by atoms with Crippen molar-refractivity contribution in [2.75, 3.05) is 11.9 Å². The average molecular weight is 456 g/mol. The Hall–Kier alpha value is -3.84. The summed E-state index contributed by atoms with van der Waals surface area (Å²) in [7, 11) is 1.71. The van der Waals surface area contributed by atoms with Crippen LogP contribution >= 0.6 is 0 Å². The molecule has 4 aromatic rings. The number of benzene rings is 3. The van der Waals surface area contributed by atoms with E-state index in [2.05, 4.69) is 41.4 Å². The fourth-order valence-corrected chi connectivity index (χ4v) is 5.01. The zero-order chi connectivity index (χ0) is 23.4. The molecule has 2 aliphatic heterocycles. The van der Waals surface area contributed by atoms with Crippen molar-refractivity contribution >= 4 is 28.4 Å². The molecule has 2 aliphatic rings. The molecule has 0 radical (unpaired) electrons. The number of aromatic nitrogens is 1. The van der Waals surface area contributed by atoms with Crippen LogP contribution in [0.15, 0.2) is 57.7 Å². The predicted molar refractivity (Wildman–Crippen MR) is 129 cm³/mol. The van der Waals surface area contributed by atoms with Crippen LogP contribution in [0.3, 0.4) is 0 Å². The maximum Gasteiger partial charge on any atom is 0.419 e. The van der Waals surface area contributed by atoms with E-state index in [-0.39, 0.29) is 11.7 Å². The zero-order valence-corrected chi connectivity index (χ0v) is 19.2. The molecule has 1 aromatic heterocycles. The monoisotopic (exact) mass is 455 g/mol. The molecule has 6 rings (SSSR count). The molecule has 7 heteroatoms. The van der Waals surface area contributed by atoms with E-state index in [0.29, 0.717) is 17.8 Å². The Balaban J connectivity index is 1.18. The number of carbonyl (C=O) groups excluding carboxylic acids is 1. The van der Waals surface area contributed by atoms with Crippen LogP contribution in [0, 0.1) is 6.92 Å². The molecule has 172 valence electrons. The minimum Gasteiger partial charge on any atom is -0.457 e. The number of rotatable bonds is 4. The van der Waals surface area contributed by atoms with Crippen LogP contribution in [0.5, 0.6) is 0 Å². The Kier molecular flexibility index (Phi) is 4.81. The first-order valence-electron chi connectivity index (χ1n) is 11.5. The van der Waals surface area contributed by atoms with Gasteiger partial charge in [0.25, 0.3) is 0 Å². The fraction of sp³-hybridized carbons (Fsp3) is 0.259. The van der Waals surface area contributed by atoms with Crippen LogP contribution in [-0.2, 0) is 37.9 Å². The quantitative estimate of drug-likeness (QED) is 0.460. The third-order valence-corrected chi connectivity index (χ3v) is 7.05. The standard InChI is InChI=1S/C27H25N3O4/c1-16-18(4-7-22-23(16)15-33-26(22)31)13-30-10-9-17-11-20(5-3-19(17)14-30)28-21-6-8-25-24(12-21)29(2)27(32)34-25/h3-8,11-12,28H,9-10,13-15H2,1-2H3. The van der Waals surface area contributed by atoms with E-state index in [1.54, 1.807) is 7.05 Å². The van der Waals surface area contributed by atoms with Gasteiger partial charge in [0.15, 0.2) is 5.58 Å². The topological polar surface area (TPSA) is 76.7 Å². The van der Waals surface area contributed by atoms with Crippen LogP contribution in [-0.4, -0.2) is 22.0 Å². The lowest BCUT2D eigenvalue weighted by molar-refractivity contribution is 0.0535. The second-order valence-electron chi connectivity index (χ2n) is 9.13. The van der Waals surface area contributed by atoms with E-state index in [9.17, 15) is 9.59 Å². The SMILES string of the molecule is Cc1c(CN2CCc3cc(Nc4ccc5oc(=O)n(C)c5c4)ccc3C2)ccc2c1COC2=O. The molecule has 34 heavy (non-hydrogen) atoms. The number of anilines is 2. The summed E-state index contributed by atoms with van der Waals surface area (Å²) in [6, 6.07) is 16.1. The van der Waals surface area contributed by atoms with E-state index < -0.39 is 0 Å². The Labute approximate surface area is 196 Å². The molecule has 0 bridgehead atoms. The maximum atomic E-state index is 11.8. The van der Waals surface area contributed by atoms with Crippen molar-refractivity contribution in [1.82, 2.24) is 9.47 Å². The van der Waals surface area contributed by atoms with Gasteiger partial charge in [0.1, 0.15) is 6.61 Å². The fourth-order valence-electron chi connectivity index (χ4n) is 5.01. The van der Waals surface area contributed by atoms with Gasteiger partial charge in [-0.15, -0.1) is 0 Å². The number of hydrogen-bond donors (Lipinski definition) is 1. The van der Waals surface area contributed by atoms with Crippen LogP contribution in [0.1, 0.15) is 38.2 Å². The summed E-state index contributed by atoms with van der Waals surface area (Å²) < 4.78 is 11.9. The van der Waals surface area contributed by atoms with E-state index in [1.807, 2.05) is 24.3 Å². The smallest absolute Gasteiger partial charge is 0.419 e. The molecule has 0 aliphatic carbocycles. The number of carbonyl (C=O) groups is 1.